The SMILES string of the molecule is CC(=O)NC[C@@H]1CCCCN1c1nc(C)nc2c1CCCC2. The van der Waals surface area contributed by atoms with Gasteiger partial charge in [0.25, 0.3) is 0 Å². The number of nitrogens with one attached hydrogen (secondary N) is 1. The molecule has 1 amide bonds. The van der Waals surface area contributed by atoms with Crippen LogP contribution in [0, 0.1) is 6.92 Å². The molecular weight excluding hydrogens is 276 g/mol. The number of amides is 1. The van der Waals surface area contributed by atoms with Gasteiger partial charge in [-0.15, -0.1) is 0 Å². The lowest BCUT2D eigenvalue weighted by Gasteiger charge is -2.38. The van der Waals surface area contributed by atoms with Crippen molar-refractivity contribution in [3.63, 3.8) is 0 Å². The fourth-order valence-electron chi connectivity index (χ4n) is 3.69. The first-order chi connectivity index (χ1) is 10.6. The molecule has 1 aliphatic heterocycles. The number of anilines is 1. The Kier molecular flexibility index (Phi) is 4.60. The molecule has 0 bridgehead atoms. The molecule has 3 rings (SSSR count). The molecule has 0 radical (unpaired) electrons. The highest BCUT2D eigenvalue weighted by Gasteiger charge is 2.28. The molecule has 120 valence electrons. The minimum atomic E-state index is 0.0476. The number of hydrogen-bond acceptors (Lipinski definition) is 4. The standard InChI is InChI=1S/C17H26N4O/c1-12-19-16-9-4-3-8-15(16)17(20-12)21-10-6-5-7-14(21)11-18-13(2)22/h14H,3-11H2,1-2H3,(H,18,22)/t14-/m0/s1. The van der Waals surface area contributed by atoms with Crippen molar-refractivity contribution in [3.05, 3.63) is 17.1 Å². The number of nitrogens with zero attached hydrogens (tertiary/aromatic N) is 3. The molecule has 1 aromatic heterocycles. The Morgan fingerprint density at radius 2 is 2.05 bits per heavy atom. The monoisotopic (exact) mass is 302 g/mol. The molecule has 1 fully saturated rings. The van der Waals surface area contributed by atoms with E-state index in [0.717, 1.165) is 37.4 Å². The smallest absolute Gasteiger partial charge is 0.216 e. The average molecular weight is 302 g/mol. The van der Waals surface area contributed by atoms with E-state index in [2.05, 4.69) is 15.2 Å². The van der Waals surface area contributed by atoms with Crippen LogP contribution in [0.5, 0.6) is 0 Å². The number of aromatic nitrogens is 2. The zero-order valence-electron chi connectivity index (χ0n) is 13.7. The van der Waals surface area contributed by atoms with Crippen molar-refractivity contribution in [1.29, 1.82) is 0 Å². The highest BCUT2D eigenvalue weighted by molar-refractivity contribution is 5.72. The van der Waals surface area contributed by atoms with Gasteiger partial charge in [-0.2, -0.15) is 0 Å². The molecule has 1 atom stereocenters. The van der Waals surface area contributed by atoms with Gasteiger partial charge >= 0.3 is 0 Å². The number of rotatable bonds is 3. The van der Waals surface area contributed by atoms with Crippen LogP contribution in [0.1, 0.15) is 56.1 Å². The van der Waals surface area contributed by atoms with Gasteiger partial charge in [-0.25, -0.2) is 9.97 Å². The van der Waals surface area contributed by atoms with E-state index in [9.17, 15) is 4.79 Å². The summed E-state index contributed by atoms with van der Waals surface area (Å²) >= 11 is 0. The van der Waals surface area contributed by atoms with Crippen LogP contribution in [-0.2, 0) is 17.6 Å². The number of fused-ring (bicyclic) bond motifs is 1. The van der Waals surface area contributed by atoms with Crippen molar-refractivity contribution in [3.8, 4) is 0 Å². The van der Waals surface area contributed by atoms with Crippen molar-refractivity contribution >= 4 is 11.7 Å². The predicted octanol–water partition coefficient (Wildman–Crippen LogP) is 2.16. The summed E-state index contributed by atoms with van der Waals surface area (Å²) in [4.78, 5) is 23.1. The van der Waals surface area contributed by atoms with Crippen LogP contribution in [0.2, 0.25) is 0 Å². The van der Waals surface area contributed by atoms with E-state index in [1.807, 2.05) is 6.92 Å². The zero-order chi connectivity index (χ0) is 15.5. The van der Waals surface area contributed by atoms with Crippen LogP contribution in [-0.4, -0.2) is 35.0 Å². The number of aryl methyl sites for hydroxylation is 2. The van der Waals surface area contributed by atoms with Crippen LogP contribution in [0.25, 0.3) is 0 Å². The molecule has 0 aromatic carbocycles. The molecule has 22 heavy (non-hydrogen) atoms. The lowest BCUT2D eigenvalue weighted by Crippen LogP contribution is -2.47. The number of hydrogen-bond donors (Lipinski definition) is 1. The molecular formula is C17H26N4O. The first-order valence-electron chi connectivity index (χ1n) is 8.52. The van der Waals surface area contributed by atoms with Crippen LogP contribution in [0.4, 0.5) is 5.82 Å². The summed E-state index contributed by atoms with van der Waals surface area (Å²) < 4.78 is 0. The molecule has 1 aliphatic carbocycles. The molecule has 2 aliphatic rings. The molecule has 1 aromatic rings. The first-order valence-corrected chi connectivity index (χ1v) is 8.52. The van der Waals surface area contributed by atoms with Gasteiger partial charge in [-0.1, -0.05) is 0 Å². The molecule has 5 heteroatoms. The quantitative estimate of drug-likeness (QED) is 0.929. The van der Waals surface area contributed by atoms with Crippen molar-refractivity contribution in [2.45, 2.75) is 64.8 Å². The van der Waals surface area contributed by atoms with Gasteiger partial charge in [0.05, 0.1) is 0 Å². The molecule has 1 N–H and O–H groups in total. The lowest BCUT2D eigenvalue weighted by molar-refractivity contribution is -0.119. The van der Waals surface area contributed by atoms with Crippen molar-refractivity contribution < 1.29 is 4.79 Å². The van der Waals surface area contributed by atoms with Crippen LogP contribution < -0.4 is 10.2 Å². The molecule has 0 spiro atoms. The minimum Gasteiger partial charge on any atom is -0.354 e. The molecule has 0 unspecified atom stereocenters. The summed E-state index contributed by atoms with van der Waals surface area (Å²) in [5.41, 5.74) is 2.60. The summed E-state index contributed by atoms with van der Waals surface area (Å²) in [6.07, 6.45) is 8.19. The normalized spacial score (nSPS) is 21.4. The maximum atomic E-state index is 11.3. The summed E-state index contributed by atoms with van der Waals surface area (Å²) in [7, 11) is 0. The van der Waals surface area contributed by atoms with Crippen molar-refractivity contribution in [2.75, 3.05) is 18.0 Å². The Bertz CT molecular complexity index is 558. The maximum Gasteiger partial charge on any atom is 0.216 e. The van der Waals surface area contributed by atoms with Crippen molar-refractivity contribution in [2.24, 2.45) is 0 Å². The van der Waals surface area contributed by atoms with Gasteiger partial charge in [0.15, 0.2) is 0 Å². The first kappa shape index (κ1) is 15.3. The Hall–Kier alpha value is -1.65. The third kappa shape index (κ3) is 3.23. The molecule has 2 heterocycles. The Morgan fingerprint density at radius 3 is 2.86 bits per heavy atom. The lowest BCUT2D eigenvalue weighted by atomic mass is 9.94. The number of carbonyl (C=O) groups is 1. The summed E-state index contributed by atoms with van der Waals surface area (Å²) in [5, 5.41) is 2.99. The maximum absolute atomic E-state index is 11.3. The third-order valence-corrected chi connectivity index (χ3v) is 4.76. The zero-order valence-corrected chi connectivity index (χ0v) is 13.7. The van der Waals surface area contributed by atoms with E-state index < -0.39 is 0 Å². The van der Waals surface area contributed by atoms with Gasteiger partial charge in [-0.05, 0) is 51.9 Å². The predicted molar refractivity (Wildman–Crippen MR) is 87.1 cm³/mol. The van der Waals surface area contributed by atoms with E-state index in [0.29, 0.717) is 12.6 Å². The highest BCUT2D eigenvalue weighted by Crippen LogP contribution is 2.31. The van der Waals surface area contributed by atoms with E-state index in [-0.39, 0.29) is 5.91 Å². The summed E-state index contributed by atoms with van der Waals surface area (Å²) in [6.45, 7) is 5.33. The van der Waals surface area contributed by atoms with E-state index in [1.165, 1.54) is 36.9 Å². The van der Waals surface area contributed by atoms with Crippen molar-refractivity contribution in [1.82, 2.24) is 15.3 Å². The second kappa shape index (κ2) is 6.63. The summed E-state index contributed by atoms with van der Waals surface area (Å²) in [5.74, 6) is 2.06. The minimum absolute atomic E-state index is 0.0476. The Balaban J connectivity index is 1.89. The average Bonchev–Trinajstić information content (AvgIpc) is 2.52. The largest absolute Gasteiger partial charge is 0.354 e. The second-order valence-corrected chi connectivity index (χ2v) is 6.51. The van der Waals surface area contributed by atoms with Crippen LogP contribution in [0.3, 0.4) is 0 Å². The number of carbonyl (C=O) groups excluding carboxylic acids is 1. The molecule has 5 nitrogen and oxygen atoms in total. The Morgan fingerprint density at radius 1 is 1.23 bits per heavy atom. The van der Waals surface area contributed by atoms with Gasteiger partial charge in [0.1, 0.15) is 11.6 Å². The van der Waals surface area contributed by atoms with Crippen LogP contribution in [0.15, 0.2) is 0 Å². The summed E-state index contributed by atoms with van der Waals surface area (Å²) in [6, 6.07) is 0.359. The van der Waals surface area contributed by atoms with Gasteiger partial charge in [-0.3, -0.25) is 4.79 Å². The Labute approximate surface area is 132 Å². The van der Waals surface area contributed by atoms with E-state index in [4.69, 9.17) is 4.98 Å². The van der Waals surface area contributed by atoms with Crippen LogP contribution >= 0.6 is 0 Å². The van der Waals surface area contributed by atoms with Gasteiger partial charge in [0.2, 0.25) is 5.91 Å². The fourth-order valence-corrected chi connectivity index (χ4v) is 3.69. The van der Waals surface area contributed by atoms with E-state index in [1.54, 1.807) is 6.92 Å². The third-order valence-electron chi connectivity index (χ3n) is 4.76. The molecule has 0 saturated carbocycles. The highest BCUT2D eigenvalue weighted by atomic mass is 16.1. The number of piperidine rings is 1. The van der Waals surface area contributed by atoms with Gasteiger partial charge in [0, 0.05) is 37.3 Å². The molecule has 1 saturated heterocycles. The van der Waals surface area contributed by atoms with Gasteiger partial charge < -0.3 is 10.2 Å². The topological polar surface area (TPSA) is 58.1 Å². The fraction of sp³-hybridized carbons (Fsp3) is 0.706. The second-order valence-electron chi connectivity index (χ2n) is 6.51. The van der Waals surface area contributed by atoms with E-state index >= 15 is 0 Å².